The highest BCUT2D eigenvalue weighted by molar-refractivity contribution is 5.94. The van der Waals surface area contributed by atoms with Crippen molar-refractivity contribution in [3.8, 4) is 11.8 Å². The summed E-state index contributed by atoms with van der Waals surface area (Å²) in [4.78, 5) is 24.8. The number of para-hydroxylation sites is 1. The summed E-state index contributed by atoms with van der Waals surface area (Å²) in [7, 11) is 1.48. The Kier molecular flexibility index (Phi) is 7.04. The summed E-state index contributed by atoms with van der Waals surface area (Å²) < 4.78 is 21.0. The van der Waals surface area contributed by atoms with Crippen LogP contribution in [0.3, 0.4) is 0 Å². The first-order chi connectivity index (χ1) is 13.5. The minimum absolute atomic E-state index is 0.00990. The third-order valence-electron chi connectivity index (χ3n) is 4.05. The molecular formula is C20H22N2O6. The number of nitrogens with two attached hydrogens (primary N) is 1. The van der Waals surface area contributed by atoms with Crippen LogP contribution in [0.5, 0.6) is 5.75 Å². The lowest BCUT2D eigenvalue weighted by molar-refractivity contribution is -0.143. The largest absolute Gasteiger partial charge is 0.496 e. The Morgan fingerprint density at radius 1 is 1.21 bits per heavy atom. The zero-order valence-corrected chi connectivity index (χ0v) is 16.0. The Bertz CT molecular complexity index is 866. The fourth-order valence-electron chi connectivity index (χ4n) is 2.94. The van der Waals surface area contributed by atoms with Gasteiger partial charge in [-0.25, -0.2) is 4.79 Å². The molecule has 0 radical (unpaired) electrons. The number of methoxy groups -OCH3 is 1. The monoisotopic (exact) mass is 386 g/mol. The molecule has 8 nitrogen and oxygen atoms in total. The zero-order valence-electron chi connectivity index (χ0n) is 16.0. The molecule has 0 amide bonds. The van der Waals surface area contributed by atoms with E-state index in [1.54, 1.807) is 38.1 Å². The molecule has 1 heterocycles. The molecule has 8 heteroatoms. The summed E-state index contributed by atoms with van der Waals surface area (Å²) in [5.74, 6) is -1.95. The molecule has 0 aromatic heterocycles. The fourth-order valence-corrected chi connectivity index (χ4v) is 2.94. The number of benzene rings is 1. The quantitative estimate of drug-likeness (QED) is 0.709. The second kappa shape index (κ2) is 9.46. The van der Waals surface area contributed by atoms with Crippen molar-refractivity contribution in [2.45, 2.75) is 26.2 Å². The van der Waals surface area contributed by atoms with Crippen molar-refractivity contribution in [3.05, 3.63) is 52.6 Å². The summed E-state index contributed by atoms with van der Waals surface area (Å²) in [6.45, 7) is 3.60. The Balaban J connectivity index is 2.69. The van der Waals surface area contributed by atoms with Crippen molar-refractivity contribution in [1.82, 2.24) is 0 Å². The standard InChI is InChI=1S/C20H22N2O6/c1-4-26-16(23)10-15-18(20(24)27-5-2)17(13(11-21)19(22)28-15)12-8-6-7-9-14(12)25-3/h6-9,17H,4-5,10,22H2,1-3H3/t17-/m1/s1. The van der Waals surface area contributed by atoms with Gasteiger partial charge in [-0.2, -0.15) is 5.26 Å². The van der Waals surface area contributed by atoms with Crippen molar-refractivity contribution in [1.29, 1.82) is 5.26 Å². The number of esters is 2. The number of ether oxygens (including phenoxy) is 4. The molecule has 1 aliphatic rings. The molecule has 2 rings (SSSR count). The lowest BCUT2D eigenvalue weighted by Gasteiger charge is -2.28. The molecule has 0 unspecified atom stereocenters. The normalized spacial score (nSPS) is 16.1. The number of carbonyl (C=O) groups is 2. The van der Waals surface area contributed by atoms with E-state index in [0.717, 1.165) is 0 Å². The van der Waals surface area contributed by atoms with Gasteiger partial charge >= 0.3 is 11.9 Å². The topological polar surface area (TPSA) is 121 Å². The molecule has 0 fully saturated rings. The number of nitriles is 1. The number of rotatable bonds is 7. The first-order valence-electron chi connectivity index (χ1n) is 8.74. The van der Waals surface area contributed by atoms with E-state index in [9.17, 15) is 14.9 Å². The van der Waals surface area contributed by atoms with Gasteiger partial charge < -0.3 is 24.7 Å². The van der Waals surface area contributed by atoms with Crippen molar-refractivity contribution >= 4 is 11.9 Å². The Morgan fingerprint density at radius 3 is 2.50 bits per heavy atom. The molecule has 1 aliphatic heterocycles. The van der Waals surface area contributed by atoms with E-state index in [-0.39, 0.29) is 42.4 Å². The first kappa shape index (κ1) is 20.8. The number of hydrogen-bond donors (Lipinski definition) is 1. The molecule has 2 N–H and O–H groups in total. The SMILES string of the molecule is CCOC(=O)CC1=C(C(=O)OCC)[C@H](c2ccccc2OC)C(C#N)=C(N)O1. The second-order valence-corrected chi connectivity index (χ2v) is 5.71. The first-order valence-corrected chi connectivity index (χ1v) is 8.74. The van der Waals surface area contributed by atoms with E-state index in [1.165, 1.54) is 7.11 Å². The molecule has 0 bridgehead atoms. The highest BCUT2D eigenvalue weighted by Crippen LogP contribution is 2.43. The van der Waals surface area contributed by atoms with Gasteiger partial charge in [0.05, 0.1) is 31.8 Å². The minimum Gasteiger partial charge on any atom is -0.496 e. The van der Waals surface area contributed by atoms with Gasteiger partial charge in [0.1, 0.15) is 29.6 Å². The van der Waals surface area contributed by atoms with Gasteiger partial charge in [0, 0.05) is 5.56 Å². The summed E-state index contributed by atoms with van der Waals surface area (Å²) in [6.07, 6.45) is -0.326. The molecular weight excluding hydrogens is 364 g/mol. The van der Waals surface area contributed by atoms with Crippen LogP contribution in [0.2, 0.25) is 0 Å². The van der Waals surface area contributed by atoms with Gasteiger partial charge in [0.15, 0.2) is 0 Å². The van der Waals surface area contributed by atoms with E-state index in [2.05, 4.69) is 0 Å². The van der Waals surface area contributed by atoms with Crippen LogP contribution >= 0.6 is 0 Å². The van der Waals surface area contributed by atoms with Gasteiger partial charge in [0.2, 0.25) is 5.88 Å². The molecule has 0 saturated heterocycles. The van der Waals surface area contributed by atoms with Gasteiger partial charge in [-0.1, -0.05) is 18.2 Å². The molecule has 0 saturated carbocycles. The Morgan fingerprint density at radius 2 is 1.89 bits per heavy atom. The number of hydrogen-bond acceptors (Lipinski definition) is 8. The van der Waals surface area contributed by atoms with Gasteiger partial charge in [-0.15, -0.1) is 0 Å². The highest BCUT2D eigenvalue weighted by Gasteiger charge is 2.39. The lowest BCUT2D eigenvalue weighted by Crippen LogP contribution is -2.27. The summed E-state index contributed by atoms with van der Waals surface area (Å²) >= 11 is 0. The average Bonchev–Trinajstić information content (AvgIpc) is 2.67. The van der Waals surface area contributed by atoms with Crippen LogP contribution in [0.1, 0.15) is 31.7 Å². The van der Waals surface area contributed by atoms with E-state index in [1.807, 2.05) is 6.07 Å². The maximum absolute atomic E-state index is 12.8. The molecule has 0 aliphatic carbocycles. The van der Waals surface area contributed by atoms with Gasteiger partial charge in [-0.3, -0.25) is 4.79 Å². The van der Waals surface area contributed by atoms with Crippen LogP contribution in [0.15, 0.2) is 47.1 Å². The third-order valence-corrected chi connectivity index (χ3v) is 4.05. The van der Waals surface area contributed by atoms with E-state index in [0.29, 0.717) is 11.3 Å². The maximum atomic E-state index is 12.8. The summed E-state index contributed by atoms with van der Waals surface area (Å²) in [5, 5.41) is 9.66. The van der Waals surface area contributed by atoms with E-state index < -0.39 is 17.9 Å². The average molecular weight is 386 g/mol. The van der Waals surface area contributed by atoms with Gasteiger partial charge in [0.25, 0.3) is 0 Å². The van der Waals surface area contributed by atoms with Gasteiger partial charge in [-0.05, 0) is 19.9 Å². The predicted octanol–water partition coefficient (Wildman–Crippen LogP) is 2.27. The smallest absolute Gasteiger partial charge is 0.338 e. The van der Waals surface area contributed by atoms with Crippen molar-refractivity contribution < 1.29 is 28.5 Å². The second-order valence-electron chi connectivity index (χ2n) is 5.71. The van der Waals surface area contributed by atoms with Crippen LogP contribution in [-0.2, 0) is 23.8 Å². The Labute approximate surface area is 163 Å². The predicted molar refractivity (Wildman–Crippen MR) is 98.6 cm³/mol. The van der Waals surface area contributed by atoms with Crippen LogP contribution in [0, 0.1) is 11.3 Å². The number of carbonyl (C=O) groups excluding carboxylic acids is 2. The summed E-state index contributed by atoms with van der Waals surface area (Å²) in [5.41, 5.74) is 6.51. The van der Waals surface area contributed by atoms with Crippen LogP contribution in [-0.4, -0.2) is 32.3 Å². The molecule has 1 aromatic carbocycles. The van der Waals surface area contributed by atoms with Crippen LogP contribution < -0.4 is 10.5 Å². The van der Waals surface area contributed by atoms with Crippen LogP contribution in [0.25, 0.3) is 0 Å². The minimum atomic E-state index is -0.904. The number of allylic oxidation sites excluding steroid dienone is 1. The lowest BCUT2D eigenvalue weighted by atomic mass is 9.82. The number of nitrogens with zero attached hydrogens (tertiary/aromatic N) is 1. The maximum Gasteiger partial charge on any atom is 0.338 e. The molecule has 148 valence electrons. The van der Waals surface area contributed by atoms with E-state index >= 15 is 0 Å². The summed E-state index contributed by atoms with van der Waals surface area (Å²) in [6, 6.07) is 8.90. The van der Waals surface area contributed by atoms with Crippen molar-refractivity contribution in [2.75, 3.05) is 20.3 Å². The van der Waals surface area contributed by atoms with E-state index in [4.69, 9.17) is 24.7 Å². The zero-order chi connectivity index (χ0) is 20.7. The highest BCUT2D eigenvalue weighted by atomic mass is 16.5. The molecule has 28 heavy (non-hydrogen) atoms. The third kappa shape index (κ3) is 4.26. The molecule has 1 atom stereocenters. The molecule has 0 spiro atoms. The van der Waals surface area contributed by atoms with Crippen molar-refractivity contribution in [2.24, 2.45) is 5.73 Å². The fraction of sp³-hybridized carbons (Fsp3) is 0.350. The van der Waals surface area contributed by atoms with Crippen molar-refractivity contribution in [3.63, 3.8) is 0 Å². The Hall–Kier alpha value is -3.47. The van der Waals surface area contributed by atoms with Crippen LogP contribution in [0.4, 0.5) is 0 Å². The molecule has 1 aromatic rings.